The maximum absolute atomic E-state index is 12.6. The first-order chi connectivity index (χ1) is 15.9. The molecule has 8 heteroatoms. The number of aromatic nitrogens is 2. The lowest BCUT2D eigenvalue weighted by molar-refractivity contribution is 0.192. The zero-order chi connectivity index (χ0) is 23.4. The molecule has 1 aliphatic heterocycles. The molecule has 0 N–H and O–H groups in total. The van der Waals surface area contributed by atoms with Gasteiger partial charge in [0.2, 0.25) is 0 Å². The SMILES string of the molecule is C=N/C=C\C=C(/C)Oc1ccc(CN(C)C2C[C@@H]3CN(C(=O)n4cc(Cl)cn4)C[C@@H]3C2)cc1. The van der Waals surface area contributed by atoms with E-state index >= 15 is 0 Å². The van der Waals surface area contributed by atoms with Crippen LogP contribution in [0.2, 0.25) is 5.02 Å². The third kappa shape index (κ3) is 5.72. The lowest BCUT2D eigenvalue weighted by Gasteiger charge is -2.26. The van der Waals surface area contributed by atoms with Crippen LogP contribution in [0.15, 0.2) is 65.8 Å². The summed E-state index contributed by atoms with van der Waals surface area (Å²) >= 11 is 5.90. The molecule has 0 radical (unpaired) electrons. The van der Waals surface area contributed by atoms with E-state index in [2.05, 4.69) is 40.9 Å². The predicted molar refractivity (Wildman–Crippen MR) is 131 cm³/mol. The van der Waals surface area contributed by atoms with Gasteiger partial charge in [-0.3, -0.25) is 9.89 Å². The van der Waals surface area contributed by atoms with E-state index in [-0.39, 0.29) is 6.03 Å². The highest BCUT2D eigenvalue weighted by Gasteiger charge is 2.43. The summed E-state index contributed by atoms with van der Waals surface area (Å²) < 4.78 is 7.16. The number of fused-ring (bicyclic) bond motifs is 1. The van der Waals surface area contributed by atoms with E-state index in [0.29, 0.717) is 22.9 Å². The number of benzene rings is 1. The highest BCUT2D eigenvalue weighted by molar-refractivity contribution is 6.30. The standard InChI is InChI=1S/C25H30ClN5O2/c1-18(5-4-10-27-2)33-24-8-6-19(7-9-24)14-29(3)23-11-20-15-30(16-21(20)12-23)25(32)31-17-22(26)13-28-31/h4-10,13,17,20-21,23H,2,11-12,14-16H2,1,3H3/b10-4-,18-5+/t20-,21+,23?. The second kappa shape index (κ2) is 10.4. The second-order valence-corrected chi connectivity index (χ2v) is 9.34. The number of ether oxygens (including phenoxy) is 1. The number of nitrogens with zero attached hydrogens (tertiary/aromatic N) is 5. The predicted octanol–water partition coefficient (Wildman–Crippen LogP) is 4.84. The van der Waals surface area contributed by atoms with Crippen molar-refractivity contribution in [2.45, 2.75) is 32.4 Å². The topological polar surface area (TPSA) is 63.0 Å². The van der Waals surface area contributed by atoms with Crippen LogP contribution in [0, 0.1) is 11.8 Å². The number of carbonyl (C=O) groups is 1. The fraction of sp³-hybridized carbons (Fsp3) is 0.400. The molecule has 1 aliphatic carbocycles. The molecule has 1 amide bonds. The van der Waals surface area contributed by atoms with Gasteiger partial charge in [-0.05, 0) is 75.2 Å². The van der Waals surface area contributed by atoms with Crippen LogP contribution < -0.4 is 4.74 Å². The minimum absolute atomic E-state index is 0.0815. The third-order valence-corrected chi connectivity index (χ3v) is 6.72. The Morgan fingerprint density at radius 3 is 2.61 bits per heavy atom. The molecular weight excluding hydrogens is 438 g/mol. The Morgan fingerprint density at radius 2 is 2.00 bits per heavy atom. The Labute approximate surface area is 200 Å². The van der Waals surface area contributed by atoms with Gasteiger partial charge in [-0.25, -0.2) is 4.79 Å². The van der Waals surface area contributed by atoms with Gasteiger partial charge in [-0.1, -0.05) is 23.7 Å². The zero-order valence-corrected chi connectivity index (χ0v) is 19.9. The van der Waals surface area contributed by atoms with Gasteiger partial charge in [-0.15, -0.1) is 0 Å². The Bertz CT molecular complexity index is 1030. The highest BCUT2D eigenvalue weighted by Crippen LogP contribution is 2.40. The van der Waals surface area contributed by atoms with Crippen molar-refractivity contribution in [3.05, 3.63) is 71.4 Å². The minimum atomic E-state index is -0.0815. The van der Waals surface area contributed by atoms with Crippen LogP contribution in [-0.4, -0.2) is 58.5 Å². The Kier molecular flexibility index (Phi) is 7.30. The molecule has 2 aliphatic rings. The van der Waals surface area contributed by atoms with Crippen LogP contribution in [0.4, 0.5) is 4.79 Å². The maximum atomic E-state index is 12.6. The summed E-state index contributed by atoms with van der Waals surface area (Å²) in [6, 6.07) is 8.69. The molecule has 3 atom stereocenters. The first kappa shape index (κ1) is 23.3. The quantitative estimate of drug-likeness (QED) is 0.332. The number of rotatable bonds is 7. The van der Waals surface area contributed by atoms with Gasteiger partial charge >= 0.3 is 6.03 Å². The molecular formula is C25H30ClN5O2. The van der Waals surface area contributed by atoms with Gasteiger partial charge in [0, 0.05) is 31.9 Å². The van der Waals surface area contributed by atoms with Crippen molar-refractivity contribution in [3.63, 3.8) is 0 Å². The molecule has 1 saturated heterocycles. The second-order valence-electron chi connectivity index (χ2n) is 8.90. The maximum Gasteiger partial charge on any atom is 0.344 e. The van der Waals surface area contributed by atoms with E-state index in [1.54, 1.807) is 18.5 Å². The lowest BCUT2D eigenvalue weighted by atomic mass is 10.0. The summed E-state index contributed by atoms with van der Waals surface area (Å²) in [5.74, 6) is 2.70. The van der Waals surface area contributed by atoms with Crippen molar-refractivity contribution < 1.29 is 9.53 Å². The van der Waals surface area contributed by atoms with Crippen molar-refractivity contribution in [1.29, 1.82) is 0 Å². The first-order valence-electron chi connectivity index (χ1n) is 11.2. The van der Waals surface area contributed by atoms with Crippen LogP contribution in [0.1, 0.15) is 25.3 Å². The van der Waals surface area contributed by atoms with Crippen molar-refractivity contribution in [3.8, 4) is 5.75 Å². The summed E-state index contributed by atoms with van der Waals surface area (Å²) in [6.45, 7) is 7.79. The average Bonchev–Trinajstić information content (AvgIpc) is 3.49. The van der Waals surface area contributed by atoms with E-state index < -0.39 is 0 Å². The molecule has 2 heterocycles. The van der Waals surface area contributed by atoms with Crippen LogP contribution >= 0.6 is 11.6 Å². The van der Waals surface area contributed by atoms with Gasteiger partial charge in [0.25, 0.3) is 0 Å². The van der Waals surface area contributed by atoms with Gasteiger partial charge in [0.1, 0.15) is 11.5 Å². The number of hydrogen-bond acceptors (Lipinski definition) is 5. The summed E-state index contributed by atoms with van der Waals surface area (Å²) in [5, 5.41) is 4.53. The molecule has 4 rings (SSSR count). The van der Waals surface area contributed by atoms with E-state index in [9.17, 15) is 4.79 Å². The van der Waals surface area contributed by atoms with Crippen LogP contribution in [0.5, 0.6) is 5.75 Å². The minimum Gasteiger partial charge on any atom is -0.462 e. The van der Waals surface area contributed by atoms with Crippen molar-refractivity contribution in [2.24, 2.45) is 16.8 Å². The number of halogens is 1. The van der Waals surface area contributed by atoms with Crippen molar-refractivity contribution in [1.82, 2.24) is 19.6 Å². The van der Waals surface area contributed by atoms with Gasteiger partial charge in [-0.2, -0.15) is 9.78 Å². The molecule has 0 bridgehead atoms. The number of carbonyl (C=O) groups excluding carboxylic acids is 1. The smallest absolute Gasteiger partial charge is 0.344 e. The van der Waals surface area contributed by atoms with Gasteiger partial charge in [0.15, 0.2) is 0 Å². The largest absolute Gasteiger partial charge is 0.462 e. The fourth-order valence-electron chi connectivity index (χ4n) is 4.87. The first-order valence-corrected chi connectivity index (χ1v) is 11.6. The summed E-state index contributed by atoms with van der Waals surface area (Å²) in [6.07, 6.45) is 10.6. The van der Waals surface area contributed by atoms with Crippen LogP contribution in [0.3, 0.4) is 0 Å². The van der Waals surface area contributed by atoms with Gasteiger partial charge < -0.3 is 9.64 Å². The average molecular weight is 468 g/mol. The third-order valence-electron chi connectivity index (χ3n) is 6.52. The normalized spacial score (nSPS) is 22.8. The molecule has 33 heavy (non-hydrogen) atoms. The molecule has 1 saturated carbocycles. The number of allylic oxidation sites excluding steroid dienone is 3. The Hall–Kier alpha value is -2.90. The summed E-state index contributed by atoms with van der Waals surface area (Å²) in [7, 11) is 2.19. The van der Waals surface area contributed by atoms with Crippen molar-refractivity contribution in [2.75, 3.05) is 20.1 Å². The highest BCUT2D eigenvalue weighted by atomic mass is 35.5. The zero-order valence-electron chi connectivity index (χ0n) is 19.1. The molecule has 2 fully saturated rings. The van der Waals surface area contributed by atoms with Crippen LogP contribution in [-0.2, 0) is 6.54 Å². The van der Waals surface area contributed by atoms with Crippen LogP contribution in [0.25, 0.3) is 0 Å². The lowest BCUT2D eigenvalue weighted by Crippen LogP contribution is -2.36. The Morgan fingerprint density at radius 1 is 1.30 bits per heavy atom. The number of aliphatic imine (C=N–C) groups is 1. The molecule has 1 aromatic carbocycles. The number of likely N-dealkylation sites (tertiary alicyclic amines) is 1. The van der Waals surface area contributed by atoms with E-state index in [1.807, 2.05) is 30.0 Å². The van der Waals surface area contributed by atoms with Gasteiger partial charge in [0.05, 0.1) is 17.4 Å². The van der Waals surface area contributed by atoms with E-state index in [0.717, 1.165) is 44.0 Å². The molecule has 7 nitrogen and oxygen atoms in total. The summed E-state index contributed by atoms with van der Waals surface area (Å²) in [5.41, 5.74) is 1.26. The summed E-state index contributed by atoms with van der Waals surface area (Å²) in [4.78, 5) is 20.7. The molecule has 1 aromatic heterocycles. The fourth-order valence-corrected chi connectivity index (χ4v) is 5.01. The van der Waals surface area contributed by atoms with E-state index in [4.69, 9.17) is 16.3 Å². The Balaban J connectivity index is 1.26. The van der Waals surface area contributed by atoms with Crippen molar-refractivity contribution >= 4 is 24.3 Å². The molecule has 0 spiro atoms. The molecule has 2 aromatic rings. The molecule has 174 valence electrons. The van der Waals surface area contributed by atoms with E-state index in [1.165, 1.54) is 16.4 Å². The number of hydrogen-bond donors (Lipinski definition) is 0. The molecule has 1 unspecified atom stereocenters. The number of amides is 1. The monoisotopic (exact) mass is 467 g/mol.